The molecule has 0 unspecified atom stereocenters. The van der Waals surface area contributed by atoms with Crippen molar-refractivity contribution in [2.75, 3.05) is 5.43 Å². The maximum absolute atomic E-state index is 6.35. The second-order valence-corrected chi connectivity index (χ2v) is 8.07. The highest BCUT2D eigenvalue weighted by Gasteiger charge is 2.12. The number of pyridine rings is 1. The molecule has 5 nitrogen and oxygen atoms in total. The third-order valence-electron chi connectivity index (χ3n) is 4.78. The standard InChI is InChI=1S/C23H16ClN5S/c1-14-7-8-19-16(9-14)10-17(21(24)28-19)11-27-29-22-20-18(15-5-3-2-4-6-15)12-30-23(20)26-13-25-22/h2-13H,1H3,(H,25,26,29). The molecule has 3 heterocycles. The van der Waals surface area contributed by atoms with Gasteiger partial charge in [0.2, 0.25) is 0 Å². The highest BCUT2D eigenvalue weighted by molar-refractivity contribution is 7.17. The Balaban J connectivity index is 1.50. The van der Waals surface area contributed by atoms with E-state index in [0.29, 0.717) is 11.0 Å². The zero-order valence-electron chi connectivity index (χ0n) is 16.0. The van der Waals surface area contributed by atoms with Gasteiger partial charge in [-0.05, 0) is 30.7 Å². The van der Waals surface area contributed by atoms with Crippen LogP contribution in [0.15, 0.2) is 71.4 Å². The number of nitrogens with one attached hydrogen (secondary N) is 1. The van der Waals surface area contributed by atoms with Gasteiger partial charge in [-0.15, -0.1) is 11.3 Å². The summed E-state index contributed by atoms with van der Waals surface area (Å²) < 4.78 is 0. The van der Waals surface area contributed by atoms with Crippen LogP contribution in [-0.2, 0) is 0 Å². The van der Waals surface area contributed by atoms with E-state index >= 15 is 0 Å². The van der Waals surface area contributed by atoms with Gasteiger partial charge in [-0.1, -0.05) is 53.6 Å². The van der Waals surface area contributed by atoms with Gasteiger partial charge in [-0.25, -0.2) is 15.0 Å². The van der Waals surface area contributed by atoms with Gasteiger partial charge in [-0.3, -0.25) is 5.43 Å². The number of anilines is 1. The van der Waals surface area contributed by atoms with Crippen molar-refractivity contribution in [1.29, 1.82) is 0 Å². The van der Waals surface area contributed by atoms with Crippen LogP contribution >= 0.6 is 22.9 Å². The minimum Gasteiger partial charge on any atom is -0.261 e. The number of halogens is 1. The second-order valence-electron chi connectivity index (χ2n) is 6.85. The molecule has 5 rings (SSSR count). The number of aromatic nitrogens is 3. The van der Waals surface area contributed by atoms with Gasteiger partial charge in [-0.2, -0.15) is 5.10 Å². The Hall–Kier alpha value is -3.35. The molecule has 0 aliphatic rings. The molecule has 0 aliphatic carbocycles. The number of hydrazone groups is 1. The maximum Gasteiger partial charge on any atom is 0.159 e. The zero-order valence-corrected chi connectivity index (χ0v) is 17.6. The first-order valence-electron chi connectivity index (χ1n) is 9.32. The number of aryl methyl sites for hydroxylation is 1. The Bertz CT molecular complexity index is 1400. The summed E-state index contributed by atoms with van der Waals surface area (Å²) in [7, 11) is 0. The first-order chi connectivity index (χ1) is 14.7. The highest BCUT2D eigenvalue weighted by Crippen LogP contribution is 2.36. The molecular weight excluding hydrogens is 414 g/mol. The van der Waals surface area contributed by atoms with Crippen molar-refractivity contribution in [3.8, 4) is 11.1 Å². The van der Waals surface area contributed by atoms with Crippen LogP contribution in [0, 0.1) is 6.92 Å². The van der Waals surface area contributed by atoms with E-state index < -0.39 is 0 Å². The molecule has 0 saturated heterocycles. The molecule has 146 valence electrons. The second kappa shape index (κ2) is 7.82. The van der Waals surface area contributed by atoms with E-state index in [1.807, 2.05) is 36.4 Å². The van der Waals surface area contributed by atoms with Crippen LogP contribution < -0.4 is 5.43 Å². The normalized spacial score (nSPS) is 11.5. The van der Waals surface area contributed by atoms with Crippen molar-refractivity contribution < 1.29 is 0 Å². The number of thiophene rings is 1. The summed E-state index contributed by atoms with van der Waals surface area (Å²) in [6, 6.07) is 18.2. The van der Waals surface area contributed by atoms with Crippen molar-refractivity contribution in [1.82, 2.24) is 15.0 Å². The minimum absolute atomic E-state index is 0.408. The average molecular weight is 430 g/mol. The number of fused-ring (bicyclic) bond motifs is 2. The van der Waals surface area contributed by atoms with Gasteiger partial charge >= 0.3 is 0 Å². The molecule has 3 aromatic heterocycles. The average Bonchev–Trinajstić information content (AvgIpc) is 3.20. The summed E-state index contributed by atoms with van der Waals surface area (Å²) in [6.45, 7) is 2.05. The molecule has 0 bridgehead atoms. The third-order valence-corrected chi connectivity index (χ3v) is 5.97. The molecule has 0 fully saturated rings. The molecule has 7 heteroatoms. The fraction of sp³-hybridized carbons (Fsp3) is 0.0435. The largest absolute Gasteiger partial charge is 0.261 e. The van der Waals surface area contributed by atoms with Crippen LogP contribution in [0.1, 0.15) is 11.1 Å². The molecule has 0 amide bonds. The predicted molar refractivity (Wildman–Crippen MR) is 126 cm³/mol. The minimum atomic E-state index is 0.408. The molecule has 30 heavy (non-hydrogen) atoms. The van der Waals surface area contributed by atoms with Gasteiger partial charge in [0.05, 0.1) is 17.1 Å². The predicted octanol–water partition coefficient (Wildman–Crippen LogP) is 6.31. The monoisotopic (exact) mass is 429 g/mol. The fourth-order valence-corrected chi connectivity index (χ4v) is 4.44. The molecule has 0 aliphatic heterocycles. The van der Waals surface area contributed by atoms with E-state index in [9.17, 15) is 0 Å². The van der Waals surface area contributed by atoms with Gasteiger partial charge in [0.15, 0.2) is 5.82 Å². The van der Waals surface area contributed by atoms with Crippen LogP contribution in [0.5, 0.6) is 0 Å². The van der Waals surface area contributed by atoms with E-state index in [1.165, 1.54) is 5.56 Å². The zero-order chi connectivity index (χ0) is 20.5. The Morgan fingerprint density at radius 2 is 1.93 bits per heavy atom. The van der Waals surface area contributed by atoms with Crippen molar-refractivity contribution >= 4 is 56.1 Å². The highest BCUT2D eigenvalue weighted by atomic mass is 35.5. The Labute approximate surface area is 182 Å². The maximum atomic E-state index is 6.35. The molecule has 2 aromatic carbocycles. The van der Waals surface area contributed by atoms with Gasteiger partial charge in [0.25, 0.3) is 0 Å². The van der Waals surface area contributed by atoms with Crippen molar-refractivity contribution in [3.63, 3.8) is 0 Å². The van der Waals surface area contributed by atoms with Crippen molar-refractivity contribution in [3.05, 3.63) is 82.6 Å². The van der Waals surface area contributed by atoms with Crippen molar-refractivity contribution in [2.24, 2.45) is 5.10 Å². The van der Waals surface area contributed by atoms with Crippen LogP contribution in [-0.4, -0.2) is 21.2 Å². The Morgan fingerprint density at radius 3 is 2.80 bits per heavy atom. The van der Waals surface area contributed by atoms with Gasteiger partial charge < -0.3 is 0 Å². The molecule has 5 aromatic rings. The topological polar surface area (TPSA) is 63.1 Å². The van der Waals surface area contributed by atoms with E-state index in [-0.39, 0.29) is 0 Å². The Morgan fingerprint density at radius 1 is 1.07 bits per heavy atom. The molecule has 0 radical (unpaired) electrons. The lowest BCUT2D eigenvalue weighted by Crippen LogP contribution is -1.96. The smallest absolute Gasteiger partial charge is 0.159 e. The Kier molecular flexibility index (Phi) is 4.86. The van der Waals surface area contributed by atoms with Crippen molar-refractivity contribution in [2.45, 2.75) is 6.92 Å². The van der Waals surface area contributed by atoms with Crippen LogP contribution in [0.3, 0.4) is 0 Å². The lowest BCUT2D eigenvalue weighted by molar-refractivity contribution is 1.19. The lowest BCUT2D eigenvalue weighted by Gasteiger charge is -2.05. The molecule has 0 saturated carbocycles. The summed E-state index contributed by atoms with van der Waals surface area (Å²) in [5.74, 6) is 0.650. The molecular formula is C23H16ClN5S. The molecule has 1 N–H and O–H groups in total. The summed E-state index contributed by atoms with van der Waals surface area (Å²) in [5.41, 5.74) is 8.02. The van der Waals surface area contributed by atoms with Gasteiger partial charge in [0.1, 0.15) is 16.3 Å². The first kappa shape index (κ1) is 18.7. The SMILES string of the molecule is Cc1ccc2nc(Cl)c(C=NNc3ncnc4scc(-c5ccccc5)c34)cc2c1. The van der Waals surface area contributed by atoms with E-state index in [1.54, 1.807) is 23.9 Å². The number of benzene rings is 2. The lowest BCUT2D eigenvalue weighted by atomic mass is 10.1. The summed E-state index contributed by atoms with van der Waals surface area (Å²) in [5, 5.41) is 8.85. The number of hydrogen-bond donors (Lipinski definition) is 1. The van der Waals surface area contributed by atoms with Gasteiger partial charge in [0, 0.05) is 21.9 Å². The first-order valence-corrected chi connectivity index (χ1v) is 10.6. The summed E-state index contributed by atoms with van der Waals surface area (Å²) in [6.07, 6.45) is 3.21. The third kappa shape index (κ3) is 3.51. The quantitative estimate of drug-likeness (QED) is 0.206. The van der Waals surface area contributed by atoms with E-state index in [2.05, 4.69) is 56.0 Å². The van der Waals surface area contributed by atoms with E-state index in [4.69, 9.17) is 11.6 Å². The van der Waals surface area contributed by atoms with E-state index in [0.717, 1.165) is 37.8 Å². The van der Waals surface area contributed by atoms with Crippen LogP contribution in [0.4, 0.5) is 5.82 Å². The summed E-state index contributed by atoms with van der Waals surface area (Å²) in [4.78, 5) is 14.2. The summed E-state index contributed by atoms with van der Waals surface area (Å²) >= 11 is 7.94. The molecule has 0 spiro atoms. The molecule has 0 atom stereocenters. The van der Waals surface area contributed by atoms with Crippen LogP contribution in [0.2, 0.25) is 5.15 Å². The van der Waals surface area contributed by atoms with Crippen LogP contribution in [0.25, 0.3) is 32.2 Å². The number of nitrogens with zero attached hydrogens (tertiary/aromatic N) is 4. The number of rotatable bonds is 4. The number of hydrogen-bond acceptors (Lipinski definition) is 6. The fourth-order valence-electron chi connectivity index (χ4n) is 3.33.